The molecule has 138 valence electrons. The van der Waals surface area contributed by atoms with Crippen molar-refractivity contribution >= 4 is 17.7 Å². The van der Waals surface area contributed by atoms with Crippen LogP contribution < -0.4 is 0 Å². The van der Waals surface area contributed by atoms with Crippen LogP contribution >= 0.6 is 11.8 Å². The van der Waals surface area contributed by atoms with Gasteiger partial charge in [-0.3, -0.25) is 4.79 Å². The number of benzene rings is 1. The van der Waals surface area contributed by atoms with Crippen LogP contribution in [-0.4, -0.2) is 55.0 Å². The number of phenols is 1. The molecule has 1 saturated carbocycles. The van der Waals surface area contributed by atoms with E-state index < -0.39 is 0 Å². The first-order valence-corrected chi connectivity index (χ1v) is 10.2. The molecule has 1 saturated heterocycles. The third kappa shape index (κ3) is 3.70. The highest BCUT2D eigenvalue weighted by atomic mass is 32.2. The molecule has 1 N–H and O–H groups in total. The smallest absolute Gasteiger partial charge is 0.233 e. The largest absolute Gasteiger partial charge is 0.508 e. The summed E-state index contributed by atoms with van der Waals surface area (Å²) in [6.07, 6.45) is 6.40. The zero-order valence-electron chi connectivity index (χ0n) is 14.6. The highest BCUT2D eigenvalue weighted by molar-refractivity contribution is 7.99. The van der Waals surface area contributed by atoms with Crippen LogP contribution in [0.15, 0.2) is 29.4 Å². The molecule has 1 aliphatic carbocycles. The van der Waals surface area contributed by atoms with Gasteiger partial charge < -0.3 is 10.0 Å². The van der Waals surface area contributed by atoms with Crippen molar-refractivity contribution in [3.05, 3.63) is 24.3 Å². The summed E-state index contributed by atoms with van der Waals surface area (Å²) in [4.78, 5) is 14.7. The topological polar surface area (TPSA) is 84.1 Å². The molecule has 2 aromatic rings. The summed E-state index contributed by atoms with van der Waals surface area (Å²) in [6.45, 7) is 1.79. The van der Waals surface area contributed by atoms with Gasteiger partial charge >= 0.3 is 0 Å². The van der Waals surface area contributed by atoms with E-state index in [1.165, 1.54) is 37.4 Å². The minimum absolute atomic E-state index is 0.166. The maximum atomic E-state index is 12.7. The molecule has 8 heteroatoms. The normalized spacial score (nSPS) is 22.8. The molecule has 26 heavy (non-hydrogen) atoms. The first-order chi connectivity index (χ1) is 12.7. The molecule has 2 heterocycles. The highest BCUT2D eigenvalue weighted by Crippen LogP contribution is 2.36. The Morgan fingerprint density at radius 3 is 2.73 bits per heavy atom. The lowest BCUT2D eigenvalue weighted by molar-refractivity contribution is -0.131. The first-order valence-electron chi connectivity index (χ1n) is 9.19. The average molecular weight is 373 g/mol. The van der Waals surface area contributed by atoms with Crippen molar-refractivity contribution in [3.8, 4) is 11.4 Å². The van der Waals surface area contributed by atoms with Crippen LogP contribution in [-0.2, 0) is 4.79 Å². The number of tetrazole rings is 1. The fourth-order valence-electron chi connectivity index (χ4n) is 4.07. The summed E-state index contributed by atoms with van der Waals surface area (Å²) in [5.41, 5.74) is 0.755. The number of rotatable bonds is 4. The van der Waals surface area contributed by atoms with Crippen molar-refractivity contribution in [3.63, 3.8) is 0 Å². The quantitative estimate of drug-likeness (QED) is 0.829. The van der Waals surface area contributed by atoms with Gasteiger partial charge in [0.2, 0.25) is 11.1 Å². The molecule has 4 rings (SSSR count). The number of carbonyl (C=O) groups is 1. The summed E-state index contributed by atoms with van der Waals surface area (Å²) >= 11 is 1.36. The Labute approximate surface area is 156 Å². The molecule has 1 aromatic carbocycles. The predicted octanol–water partition coefficient (Wildman–Crippen LogP) is 2.50. The van der Waals surface area contributed by atoms with Gasteiger partial charge in [-0.15, -0.1) is 5.10 Å². The Morgan fingerprint density at radius 2 is 1.92 bits per heavy atom. The monoisotopic (exact) mass is 373 g/mol. The number of carbonyl (C=O) groups excluding carboxylic acids is 1. The van der Waals surface area contributed by atoms with Crippen molar-refractivity contribution in [2.45, 2.75) is 37.3 Å². The van der Waals surface area contributed by atoms with Crippen LogP contribution in [0.3, 0.4) is 0 Å². The van der Waals surface area contributed by atoms with Gasteiger partial charge in [-0.1, -0.05) is 31.0 Å². The minimum Gasteiger partial charge on any atom is -0.508 e. The summed E-state index contributed by atoms with van der Waals surface area (Å²) < 4.78 is 1.59. The summed E-state index contributed by atoms with van der Waals surface area (Å²) in [5, 5.41) is 21.7. The third-order valence-electron chi connectivity index (χ3n) is 5.50. The molecular weight excluding hydrogens is 350 g/mol. The Morgan fingerprint density at radius 1 is 1.15 bits per heavy atom. The number of hydrogen-bond donors (Lipinski definition) is 1. The van der Waals surface area contributed by atoms with Crippen LogP contribution in [0.25, 0.3) is 5.69 Å². The fraction of sp³-hybridized carbons (Fsp3) is 0.556. The predicted molar refractivity (Wildman–Crippen MR) is 98.2 cm³/mol. The van der Waals surface area contributed by atoms with Gasteiger partial charge in [0.1, 0.15) is 5.75 Å². The molecule has 2 aliphatic rings. The Kier molecular flexibility index (Phi) is 5.10. The van der Waals surface area contributed by atoms with E-state index in [1.54, 1.807) is 28.9 Å². The molecular formula is C18H23N5O2S. The second-order valence-electron chi connectivity index (χ2n) is 7.11. The van der Waals surface area contributed by atoms with Crippen molar-refractivity contribution in [1.82, 2.24) is 25.1 Å². The lowest BCUT2D eigenvalue weighted by Crippen LogP contribution is -2.45. The van der Waals surface area contributed by atoms with Crippen molar-refractivity contribution in [1.29, 1.82) is 0 Å². The second-order valence-corrected chi connectivity index (χ2v) is 8.05. The Bertz CT molecular complexity index is 763. The van der Waals surface area contributed by atoms with Crippen molar-refractivity contribution in [2.75, 3.05) is 18.8 Å². The lowest BCUT2D eigenvalue weighted by atomic mass is 9.75. The highest BCUT2D eigenvalue weighted by Gasteiger charge is 2.32. The van der Waals surface area contributed by atoms with E-state index in [1.807, 2.05) is 4.90 Å². The molecule has 2 atom stereocenters. The van der Waals surface area contributed by atoms with Gasteiger partial charge in [-0.05, 0) is 59.4 Å². The number of hydrogen-bond acceptors (Lipinski definition) is 6. The van der Waals surface area contributed by atoms with Crippen molar-refractivity contribution < 1.29 is 9.90 Å². The number of likely N-dealkylation sites (tertiary alicyclic amines) is 1. The first kappa shape index (κ1) is 17.3. The molecule has 1 aliphatic heterocycles. The number of amides is 1. The lowest BCUT2D eigenvalue weighted by Gasteiger charge is -2.41. The SMILES string of the molecule is O=C(CSc1nnnn1-c1ccc(O)cc1)N1CC[C@@H]2CCCC[C@H]2C1. The van der Waals surface area contributed by atoms with E-state index in [4.69, 9.17) is 0 Å². The molecule has 0 spiro atoms. The number of piperidine rings is 1. The molecule has 0 bridgehead atoms. The third-order valence-corrected chi connectivity index (χ3v) is 6.41. The van der Waals surface area contributed by atoms with E-state index in [2.05, 4.69) is 15.5 Å². The maximum absolute atomic E-state index is 12.7. The van der Waals surface area contributed by atoms with E-state index in [0.717, 1.165) is 31.1 Å². The molecule has 1 aromatic heterocycles. The molecule has 2 fully saturated rings. The second kappa shape index (κ2) is 7.65. The Hall–Kier alpha value is -2.09. The van der Waals surface area contributed by atoms with E-state index in [0.29, 0.717) is 16.8 Å². The molecule has 0 unspecified atom stereocenters. The molecule has 1 amide bonds. The zero-order chi connectivity index (χ0) is 17.9. The summed E-state index contributed by atoms with van der Waals surface area (Å²) in [5.74, 6) is 2.21. The van der Waals surface area contributed by atoms with Crippen LogP contribution in [0.4, 0.5) is 0 Å². The molecule has 0 radical (unpaired) electrons. The maximum Gasteiger partial charge on any atom is 0.233 e. The van der Waals surface area contributed by atoms with Gasteiger partial charge in [0.05, 0.1) is 11.4 Å². The van der Waals surface area contributed by atoms with Crippen molar-refractivity contribution in [2.24, 2.45) is 11.8 Å². The molecule has 7 nitrogen and oxygen atoms in total. The number of fused-ring (bicyclic) bond motifs is 1. The number of aromatic nitrogens is 4. The van der Waals surface area contributed by atoms with Crippen LogP contribution in [0.2, 0.25) is 0 Å². The summed E-state index contributed by atoms with van der Waals surface area (Å²) in [6, 6.07) is 6.66. The summed E-state index contributed by atoms with van der Waals surface area (Å²) in [7, 11) is 0. The van der Waals surface area contributed by atoms with E-state index >= 15 is 0 Å². The van der Waals surface area contributed by atoms with Crippen LogP contribution in [0.5, 0.6) is 5.75 Å². The average Bonchev–Trinajstić information content (AvgIpc) is 3.15. The number of nitrogens with zero attached hydrogens (tertiary/aromatic N) is 5. The number of phenolic OH excluding ortho intramolecular Hbond substituents is 1. The van der Waals surface area contributed by atoms with Crippen LogP contribution in [0, 0.1) is 11.8 Å². The minimum atomic E-state index is 0.166. The zero-order valence-corrected chi connectivity index (χ0v) is 15.4. The van der Waals surface area contributed by atoms with Crippen LogP contribution in [0.1, 0.15) is 32.1 Å². The van der Waals surface area contributed by atoms with E-state index in [9.17, 15) is 9.90 Å². The van der Waals surface area contributed by atoms with Gasteiger partial charge in [-0.2, -0.15) is 4.68 Å². The van der Waals surface area contributed by atoms with Gasteiger partial charge in [0.15, 0.2) is 0 Å². The van der Waals surface area contributed by atoms with Gasteiger partial charge in [0.25, 0.3) is 0 Å². The van der Waals surface area contributed by atoms with E-state index in [-0.39, 0.29) is 11.7 Å². The number of thioether (sulfide) groups is 1. The Balaban J connectivity index is 1.36. The number of aromatic hydroxyl groups is 1. The standard InChI is InChI=1S/C18H23N5O2S/c24-16-7-5-15(6-8-16)23-18(19-20-21-23)26-12-17(25)22-10-9-13-3-1-2-4-14(13)11-22/h5-8,13-14,24H,1-4,9-12H2/t13-,14-/m0/s1. The van der Waals surface area contributed by atoms with Gasteiger partial charge in [0, 0.05) is 13.1 Å². The van der Waals surface area contributed by atoms with Gasteiger partial charge in [-0.25, -0.2) is 0 Å². The fourth-order valence-corrected chi connectivity index (χ4v) is 4.86.